The van der Waals surface area contributed by atoms with Gasteiger partial charge >= 0.3 is 6.18 Å². The molecule has 2 N–H and O–H groups in total. The molecule has 21 heavy (non-hydrogen) atoms. The predicted octanol–water partition coefficient (Wildman–Crippen LogP) is 1.78. The van der Waals surface area contributed by atoms with Crippen LogP contribution < -0.4 is 10.5 Å². The molecule has 0 fully saturated rings. The molecule has 1 aromatic heterocycles. The number of rotatable bonds is 8. The van der Waals surface area contributed by atoms with Gasteiger partial charge < -0.3 is 19.9 Å². The first-order chi connectivity index (χ1) is 9.86. The summed E-state index contributed by atoms with van der Waals surface area (Å²) in [6.07, 6.45) is -4.57. The van der Waals surface area contributed by atoms with Crippen molar-refractivity contribution in [2.75, 3.05) is 33.5 Å². The number of methoxy groups -OCH3 is 1. The van der Waals surface area contributed by atoms with Crippen molar-refractivity contribution in [2.24, 2.45) is 5.73 Å². The molecule has 118 valence electrons. The number of aromatic nitrogens is 1. The Bertz CT molecular complexity index is 483. The number of hydrogen-bond donors (Lipinski definition) is 1. The first-order valence-corrected chi connectivity index (χ1v) is 6.34. The molecule has 9 heteroatoms. The largest absolute Gasteiger partial charge is 0.475 e. The molecule has 0 saturated heterocycles. The topological polar surface area (TPSA) is 66.6 Å². The standard InChI is InChI=1S/C12H15F3N2O3S/c1-18-4-5-19-6-7-20-11-8(10(16)21)2-3-9(17-11)12(13,14)15/h2-3H,4-7H2,1H3,(H2,16,21). The number of halogens is 3. The van der Waals surface area contributed by atoms with Gasteiger partial charge in [0.25, 0.3) is 0 Å². The molecule has 0 amide bonds. The molecular weight excluding hydrogens is 309 g/mol. The molecule has 5 nitrogen and oxygen atoms in total. The van der Waals surface area contributed by atoms with Crippen molar-refractivity contribution in [1.29, 1.82) is 0 Å². The number of alkyl halides is 3. The Kier molecular flexibility index (Phi) is 6.79. The molecule has 0 atom stereocenters. The van der Waals surface area contributed by atoms with Crippen molar-refractivity contribution in [3.8, 4) is 5.88 Å². The lowest BCUT2D eigenvalue weighted by Crippen LogP contribution is -2.18. The van der Waals surface area contributed by atoms with Crippen LogP contribution in [-0.2, 0) is 15.7 Å². The SMILES string of the molecule is COCCOCCOc1nc(C(F)(F)F)ccc1C(N)=S. The van der Waals surface area contributed by atoms with Crippen LogP contribution in [0.3, 0.4) is 0 Å². The van der Waals surface area contributed by atoms with E-state index in [2.05, 4.69) is 4.98 Å². The Morgan fingerprint density at radius 2 is 1.90 bits per heavy atom. The maximum absolute atomic E-state index is 12.6. The monoisotopic (exact) mass is 324 g/mol. The van der Waals surface area contributed by atoms with Crippen LogP contribution in [0.15, 0.2) is 12.1 Å². The zero-order valence-corrected chi connectivity index (χ0v) is 12.1. The Morgan fingerprint density at radius 1 is 1.24 bits per heavy atom. The number of thiocarbonyl (C=S) groups is 1. The van der Waals surface area contributed by atoms with E-state index in [0.717, 1.165) is 12.1 Å². The Morgan fingerprint density at radius 3 is 2.48 bits per heavy atom. The molecule has 0 aromatic carbocycles. The van der Waals surface area contributed by atoms with Crippen molar-refractivity contribution < 1.29 is 27.4 Å². The zero-order valence-electron chi connectivity index (χ0n) is 11.3. The summed E-state index contributed by atoms with van der Waals surface area (Å²) in [6.45, 7) is 0.976. The molecule has 1 aromatic rings. The highest BCUT2D eigenvalue weighted by atomic mass is 32.1. The summed E-state index contributed by atoms with van der Waals surface area (Å²) in [5.74, 6) is -0.257. The minimum Gasteiger partial charge on any atom is -0.475 e. The van der Waals surface area contributed by atoms with Gasteiger partial charge in [-0.1, -0.05) is 12.2 Å². The molecule has 0 radical (unpaired) electrons. The van der Waals surface area contributed by atoms with Gasteiger partial charge in [0.15, 0.2) is 0 Å². The fourth-order valence-electron chi connectivity index (χ4n) is 1.34. The number of pyridine rings is 1. The normalized spacial score (nSPS) is 11.4. The molecule has 0 bridgehead atoms. The average molecular weight is 324 g/mol. The fourth-order valence-corrected chi connectivity index (χ4v) is 1.49. The molecule has 1 heterocycles. The van der Waals surface area contributed by atoms with Crippen molar-refractivity contribution in [3.05, 3.63) is 23.4 Å². The lowest BCUT2D eigenvalue weighted by molar-refractivity contribution is -0.141. The van der Waals surface area contributed by atoms with Crippen LogP contribution in [0.1, 0.15) is 11.3 Å². The Labute approximate surface area is 125 Å². The van der Waals surface area contributed by atoms with Gasteiger partial charge in [-0.15, -0.1) is 0 Å². The van der Waals surface area contributed by atoms with E-state index < -0.39 is 11.9 Å². The summed E-state index contributed by atoms with van der Waals surface area (Å²) < 4.78 is 52.9. The second-order valence-electron chi connectivity index (χ2n) is 3.86. The average Bonchev–Trinajstić information content (AvgIpc) is 2.41. The molecule has 1 rings (SSSR count). The van der Waals surface area contributed by atoms with Crippen molar-refractivity contribution in [3.63, 3.8) is 0 Å². The van der Waals surface area contributed by atoms with Crippen LogP contribution in [0.25, 0.3) is 0 Å². The van der Waals surface area contributed by atoms with Gasteiger partial charge in [0, 0.05) is 7.11 Å². The molecule has 0 spiro atoms. The zero-order chi connectivity index (χ0) is 15.9. The van der Waals surface area contributed by atoms with E-state index in [1.807, 2.05) is 0 Å². The maximum Gasteiger partial charge on any atom is 0.433 e. The van der Waals surface area contributed by atoms with E-state index in [1.165, 1.54) is 7.11 Å². The van der Waals surface area contributed by atoms with Crippen molar-refractivity contribution in [2.45, 2.75) is 6.18 Å². The first-order valence-electron chi connectivity index (χ1n) is 5.93. The van der Waals surface area contributed by atoms with Crippen LogP contribution in [0, 0.1) is 0 Å². The van der Waals surface area contributed by atoms with Crippen molar-refractivity contribution >= 4 is 17.2 Å². The first kappa shape index (κ1) is 17.6. The van der Waals surface area contributed by atoms with Crippen LogP contribution in [0.4, 0.5) is 13.2 Å². The maximum atomic E-state index is 12.6. The summed E-state index contributed by atoms with van der Waals surface area (Å²) in [5, 5.41) is 0. The predicted molar refractivity (Wildman–Crippen MR) is 73.3 cm³/mol. The third-order valence-electron chi connectivity index (χ3n) is 2.31. The van der Waals surface area contributed by atoms with Crippen LogP contribution in [0.5, 0.6) is 5.88 Å². The number of nitrogens with two attached hydrogens (primary N) is 1. The van der Waals surface area contributed by atoms with Crippen LogP contribution in [0.2, 0.25) is 0 Å². The van der Waals surface area contributed by atoms with Gasteiger partial charge in [-0.05, 0) is 12.1 Å². The van der Waals surface area contributed by atoms with Crippen molar-refractivity contribution in [1.82, 2.24) is 4.98 Å². The summed E-state index contributed by atoms with van der Waals surface area (Å²) in [5.41, 5.74) is 4.50. The summed E-state index contributed by atoms with van der Waals surface area (Å²) in [4.78, 5) is 3.31. The molecule has 0 aliphatic heterocycles. The van der Waals surface area contributed by atoms with Gasteiger partial charge in [-0.3, -0.25) is 0 Å². The van der Waals surface area contributed by atoms with E-state index in [-0.39, 0.29) is 29.6 Å². The van der Waals surface area contributed by atoms with Crippen LogP contribution >= 0.6 is 12.2 Å². The fraction of sp³-hybridized carbons (Fsp3) is 0.500. The third-order valence-corrected chi connectivity index (χ3v) is 2.53. The minimum absolute atomic E-state index is 0.0215. The number of nitrogens with zero attached hydrogens (tertiary/aromatic N) is 1. The highest BCUT2D eigenvalue weighted by Crippen LogP contribution is 2.30. The summed E-state index contributed by atoms with van der Waals surface area (Å²) >= 11 is 4.75. The van der Waals surface area contributed by atoms with Gasteiger partial charge in [0.2, 0.25) is 5.88 Å². The highest BCUT2D eigenvalue weighted by Gasteiger charge is 2.33. The minimum atomic E-state index is -4.57. The smallest absolute Gasteiger partial charge is 0.433 e. The molecule has 0 unspecified atom stereocenters. The summed E-state index contributed by atoms with van der Waals surface area (Å²) in [7, 11) is 1.53. The van der Waals surface area contributed by atoms with E-state index >= 15 is 0 Å². The quantitative estimate of drug-likeness (QED) is 0.581. The third kappa shape index (κ3) is 5.82. The highest BCUT2D eigenvalue weighted by molar-refractivity contribution is 7.80. The van der Waals surface area contributed by atoms with Gasteiger partial charge in [0.05, 0.1) is 25.4 Å². The van der Waals surface area contributed by atoms with E-state index in [4.69, 9.17) is 32.2 Å². The molecular formula is C12H15F3N2O3S. The number of ether oxygens (including phenoxy) is 3. The van der Waals surface area contributed by atoms with Gasteiger partial charge in [-0.2, -0.15) is 13.2 Å². The lowest BCUT2D eigenvalue weighted by atomic mass is 10.2. The van der Waals surface area contributed by atoms with E-state index in [0.29, 0.717) is 13.2 Å². The molecule has 0 aliphatic rings. The Hall–Kier alpha value is -1.45. The lowest BCUT2D eigenvalue weighted by Gasteiger charge is -2.13. The number of hydrogen-bond acceptors (Lipinski definition) is 5. The molecule has 0 aliphatic carbocycles. The van der Waals surface area contributed by atoms with Gasteiger partial charge in [0.1, 0.15) is 17.3 Å². The van der Waals surface area contributed by atoms with Gasteiger partial charge in [-0.25, -0.2) is 4.98 Å². The second kappa shape index (κ2) is 8.11. The second-order valence-corrected chi connectivity index (χ2v) is 4.30. The Balaban J connectivity index is 2.71. The van der Waals surface area contributed by atoms with E-state index in [1.54, 1.807) is 0 Å². The van der Waals surface area contributed by atoms with E-state index in [9.17, 15) is 13.2 Å². The molecule has 0 saturated carbocycles. The summed E-state index contributed by atoms with van der Waals surface area (Å²) in [6, 6.07) is 1.94. The van der Waals surface area contributed by atoms with Crippen LogP contribution in [-0.4, -0.2) is 43.5 Å².